The average molecular weight is 649 g/mol. The van der Waals surface area contributed by atoms with Crippen LogP contribution in [0.2, 0.25) is 0 Å². The summed E-state index contributed by atoms with van der Waals surface area (Å²) in [6.45, 7) is 8.68. The lowest BCUT2D eigenvalue weighted by atomic mass is 9.96. The first-order chi connectivity index (χ1) is 23.4. The van der Waals surface area contributed by atoms with Gasteiger partial charge in [-0.15, -0.1) is 22.7 Å². The first-order valence-corrected chi connectivity index (χ1v) is 18.3. The van der Waals surface area contributed by atoms with E-state index in [4.69, 9.17) is 0 Å². The highest BCUT2D eigenvalue weighted by Gasteiger charge is 2.37. The molecule has 0 bridgehead atoms. The first-order valence-electron chi connectivity index (χ1n) is 16.7. The number of hydrogen-bond acceptors (Lipinski definition) is 2. The van der Waals surface area contributed by atoms with Crippen LogP contribution in [0, 0.1) is 27.7 Å². The minimum absolute atomic E-state index is 1.29. The van der Waals surface area contributed by atoms with Crippen LogP contribution >= 0.6 is 22.7 Å². The van der Waals surface area contributed by atoms with Gasteiger partial charge in [-0.2, -0.15) is 0 Å². The monoisotopic (exact) mass is 648 g/mol. The second-order valence-electron chi connectivity index (χ2n) is 13.6. The summed E-state index contributed by atoms with van der Waals surface area (Å²) in [4.78, 5) is 5.45. The fraction of sp³-hybridized carbons (Fsp3) is 0.0870. The number of fused-ring (bicyclic) bond motifs is 6. The summed E-state index contributed by atoms with van der Waals surface area (Å²) < 4.78 is 0. The summed E-state index contributed by atoms with van der Waals surface area (Å²) in [7, 11) is 0. The average Bonchev–Trinajstić information content (AvgIpc) is 3.84. The van der Waals surface area contributed by atoms with Crippen LogP contribution < -0.4 is 0 Å². The van der Waals surface area contributed by atoms with E-state index in [1.54, 1.807) is 0 Å². The number of thiophene rings is 2. The van der Waals surface area contributed by atoms with Gasteiger partial charge in [0.05, 0.1) is 0 Å². The highest BCUT2D eigenvalue weighted by atomic mass is 32.1. The van der Waals surface area contributed by atoms with Gasteiger partial charge >= 0.3 is 0 Å². The Morgan fingerprint density at radius 1 is 0.271 bits per heavy atom. The minimum Gasteiger partial charge on any atom is -0.134 e. The van der Waals surface area contributed by atoms with Gasteiger partial charge in [-0.25, -0.2) is 0 Å². The van der Waals surface area contributed by atoms with E-state index in [9.17, 15) is 0 Å². The van der Waals surface area contributed by atoms with Gasteiger partial charge in [0.2, 0.25) is 0 Å². The molecule has 0 N–H and O–H groups in total. The van der Waals surface area contributed by atoms with Gasteiger partial charge in [-0.1, -0.05) is 144 Å². The van der Waals surface area contributed by atoms with Gasteiger partial charge in [0.15, 0.2) is 0 Å². The highest BCUT2D eigenvalue weighted by Crippen LogP contribution is 2.65. The zero-order valence-corrected chi connectivity index (χ0v) is 29.0. The van der Waals surface area contributed by atoms with Crippen LogP contribution in [0.3, 0.4) is 0 Å². The molecule has 228 valence electrons. The van der Waals surface area contributed by atoms with Crippen molar-refractivity contribution in [3.63, 3.8) is 0 Å². The van der Waals surface area contributed by atoms with Crippen molar-refractivity contribution in [1.82, 2.24) is 0 Å². The van der Waals surface area contributed by atoms with Gasteiger partial charge in [0, 0.05) is 41.8 Å². The smallest absolute Gasteiger partial charge is 0.0434 e. The fourth-order valence-electron chi connectivity index (χ4n) is 7.85. The Balaban J connectivity index is 1.27. The van der Waals surface area contributed by atoms with E-state index in [0.29, 0.717) is 0 Å². The van der Waals surface area contributed by atoms with Crippen LogP contribution in [0.25, 0.3) is 97.0 Å². The second kappa shape index (κ2) is 10.2. The third-order valence-corrected chi connectivity index (χ3v) is 12.9. The molecule has 0 aliphatic heterocycles. The molecule has 0 atom stereocenters. The van der Waals surface area contributed by atoms with E-state index in [0.717, 1.165) is 0 Å². The Labute approximate surface area is 289 Å². The van der Waals surface area contributed by atoms with Crippen LogP contribution in [0.5, 0.6) is 0 Å². The molecular formula is C46H32S2. The number of benzene rings is 6. The molecule has 10 rings (SSSR count). The quantitative estimate of drug-likeness (QED) is 0.178. The maximum atomic E-state index is 2.43. The zero-order valence-electron chi connectivity index (χ0n) is 27.4. The molecule has 0 radical (unpaired) electrons. The van der Waals surface area contributed by atoms with E-state index in [-0.39, 0.29) is 0 Å². The maximum Gasteiger partial charge on any atom is 0.0434 e. The largest absolute Gasteiger partial charge is 0.134 e. The van der Waals surface area contributed by atoms with Crippen molar-refractivity contribution in [2.75, 3.05) is 0 Å². The van der Waals surface area contributed by atoms with Gasteiger partial charge in [-0.05, 0) is 83.0 Å². The zero-order chi connectivity index (χ0) is 32.3. The van der Waals surface area contributed by atoms with Gasteiger partial charge in [0.25, 0.3) is 0 Å². The summed E-state index contributed by atoms with van der Waals surface area (Å²) in [6.07, 6.45) is 0. The van der Waals surface area contributed by atoms with E-state index >= 15 is 0 Å². The molecule has 2 aliphatic carbocycles. The molecule has 6 aromatic carbocycles. The first kappa shape index (κ1) is 28.0. The van der Waals surface area contributed by atoms with Gasteiger partial charge in [0.1, 0.15) is 0 Å². The Kier molecular flexibility index (Phi) is 5.98. The molecule has 0 nitrogen and oxygen atoms in total. The van der Waals surface area contributed by atoms with Crippen LogP contribution in [0.1, 0.15) is 22.3 Å². The van der Waals surface area contributed by atoms with E-state index in [2.05, 4.69) is 149 Å². The molecule has 48 heavy (non-hydrogen) atoms. The van der Waals surface area contributed by atoms with Crippen molar-refractivity contribution in [3.8, 4) is 86.3 Å². The lowest BCUT2D eigenvalue weighted by molar-refractivity contribution is 1.48. The Morgan fingerprint density at radius 2 is 0.479 bits per heavy atom. The second-order valence-corrected chi connectivity index (χ2v) is 15.6. The molecule has 8 aromatic rings. The van der Waals surface area contributed by atoms with Crippen LogP contribution in [-0.2, 0) is 0 Å². The van der Waals surface area contributed by atoms with Crippen LogP contribution in [-0.4, -0.2) is 0 Å². The fourth-order valence-corrected chi connectivity index (χ4v) is 10.5. The Hall–Kier alpha value is -5.02. The third kappa shape index (κ3) is 3.94. The highest BCUT2D eigenvalue weighted by molar-refractivity contribution is 7.20. The maximum absolute atomic E-state index is 2.43. The van der Waals surface area contributed by atoms with Crippen LogP contribution in [0.15, 0.2) is 121 Å². The molecule has 2 aromatic heterocycles. The Morgan fingerprint density at radius 3 is 0.688 bits per heavy atom. The van der Waals surface area contributed by atoms with E-state index < -0.39 is 0 Å². The molecule has 0 amide bonds. The summed E-state index contributed by atoms with van der Waals surface area (Å²) in [5, 5.41) is 2.82. The van der Waals surface area contributed by atoms with E-state index in [1.165, 1.54) is 119 Å². The molecule has 0 fully saturated rings. The van der Waals surface area contributed by atoms with Crippen molar-refractivity contribution in [2.45, 2.75) is 27.7 Å². The predicted octanol–water partition coefficient (Wildman–Crippen LogP) is 14.2. The van der Waals surface area contributed by atoms with Crippen LogP contribution in [0.4, 0.5) is 0 Å². The van der Waals surface area contributed by atoms with Gasteiger partial charge in [-0.3, -0.25) is 0 Å². The summed E-state index contributed by atoms with van der Waals surface area (Å²) >= 11 is 3.89. The number of rotatable bonds is 4. The molecule has 0 saturated heterocycles. The molecule has 2 aliphatic rings. The summed E-state index contributed by atoms with van der Waals surface area (Å²) in [5.74, 6) is 0. The van der Waals surface area contributed by atoms with Crippen molar-refractivity contribution in [1.29, 1.82) is 0 Å². The lowest BCUT2D eigenvalue weighted by Gasteiger charge is -2.11. The van der Waals surface area contributed by atoms with Crippen molar-refractivity contribution in [2.24, 2.45) is 0 Å². The Bertz CT molecular complexity index is 2230. The molecule has 2 heterocycles. The molecular weight excluding hydrogens is 617 g/mol. The normalized spacial score (nSPS) is 12.2. The SMILES string of the molecule is Cc1ccc(-c2sc(-c3ccc(C)cc3)c3c2-c2ccc4c5c(ccc-3c25)-c2c(-c3ccc(C)cc3)sc(-c3ccc(C)cc3)c2-4)cc1. The van der Waals surface area contributed by atoms with Gasteiger partial charge < -0.3 is 0 Å². The number of hydrogen-bond donors (Lipinski definition) is 0. The summed E-state index contributed by atoms with van der Waals surface area (Å²) in [6, 6.07) is 46.1. The minimum atomic E-state index is 1.29. The topological polar surface area (TPSA) is 0 Å². The molecule has 0 saturated carbocycles. The van der Waals surface area contributed by atoms with Crippen molar-refractivity contribution >= 4 is 33.4 Å². The predicted molar refractivity (Wildman–Crippen MR) is 209 cm³/mol. The third-order valence-electron chi connectivity index (χ3n) is 10.3. The molecule has 2 heteroatoms. The molecule has 0 unspecified atom stereocenters. The van der Waals surface area contributed by atoms with Crippen molar-refractivity contribution in [3.05, 3.63) is 144 Å². The standard InChI is InChI=1S/C46H32S2/c1-25-5-13-29(14-6-25)43-39-33-21-22-35-38-36(24-23-34(37(33)38)40(39)44(47-43)30-15-7-26(2)8-16-30)42-41(35)45(31-17-9-27(3)10-18-31)48-46(42)32-19-11-28(4)12-20-32/h5-24H,1-4H3. The van der Waals surface area contributed by atoms with Crippen molar-refractivity contribution < 1.29 is 0 Å². The van der Waals surface area contributed by atoms with E-state index in [1.807, 2.05) is 22.7 Å². The lowest BCUT2D eigenvalue weighted by Crippen LogP contribution is -1.83. The molecule has 0 spiro atoms. The summed E-state index contributed by atoms with van der Waals surface area (Å²) in [5.41, 5.74) is 21.4. The number of aryl methyl sites for hydroxylation is 4.